The average molecular weight is 371 g/mol. The van der Waals surface area contributed by atoms with E-state index < -0.39 is 5.97 Å². The third-order valence-electron chi connectivity index (χ3n) is 5.68. The van der Waals surface area contributed by atoms with Crippen molar-refractivity contribution in [2.24, 2.45) is 5.41 Å². The summed E-state index contributed by atoms with van der Waals surface area (Å²) in [5.41, 5.74) is 5.60. The van der Waals surface area contributed by atoms with Gasteiger partial charge in [0.2, 0.25) is 0 Å². The van der Waals surface area contributed by atoms with Gasteiger partial charge in [-0.1, -0.05) is 39.0 Å². The highest BCUT2D eigenvalue weighted by Gasteiger charge is 2.31. The second-order valence-electron chi connectivity index (χ2n) is 8.03. The number of benzene rings is 1. The lowest BCUT2D eigenvalue weighted by Gasteiger charge is -2.36. The molecule has 0 fully saturated rings. The van der Waals surface area contributed by atoms with Gasteiger partial charge in [0.1, 0.15) is 5.83 Å². The number of esters is 1. The molecule has 27 heavy (non-hydrogen) atoms. The van der Waals surface area contributed by atoms with Gasteiger partial charge in [-0.3, -0.25) is 0 Å². The Labute approximate surface area is 162 Å². The van der Waals surface area contributed by atoms with Crippen molar-refractivity contribution in [1.82, 2.24) is 0 Å². The second-order valence-corrected chi connectivity index (χ2v) is 8.03. The standard InChI is InChI=1S/C24H31FO2/c1-8-18-14-19(23(26)27-7)11-12-20(18)22(25)17(4)16(3)21-15(2)10-9-13-24(21,5)6/h11-12,14H,3,8-10,13H2,1-2,4-7H3/b22-17-. The van der Waals surface area contributed by atoms with Gasteiger partial charge in [-0.25, -0.2) is 9.18 Å². The summed E-state index contributed by atoms with van der Waals surface area (Å²) in [5, 5.41) is 0. The van der Waals surface area contributed by atoms with E-state index in [0.29, 0.717) is 23.1 Å². The summed E-state index contributed by atoms with van der Waals surface area (Å²) >= 11 is 0. The Balaban J connectivity index is 2.51. The molecule has 0 aliphatic heterocycles. The summed E-state index contributed by atoms with van der Waals surface area (Å²) < 4.78 is 20.2. The zero-order valence-electron chi connectivity index (χ0n) is 17.5. The van der Waals surface area contributed by atoms with Gasteiger partial charge in [-0.15, -0.1) is 0 Å². The summed E-state index contributed by atoms with van der Waals surface area (Å²) in [6, 6.07) is 5.00. The van der Waals surface area contributed by atoms with Crippen LogP contribution in [0.4, 0.5) is 4.39 Å². The van der Waals surface area contributed by atoms with Crippen LogP contribution < -0.4 is 0 Å². The predicted octanol–water partition coefficient (Wildman–Crippen LogP) is 6.82. The Bertz CT molecular complexity index is 825. The number of halogens is 1. The maximum atomic E-state index is 15.5. The number of aryl methyl sites for hydroxylation is 1. The number of methoxy groups -OCH3 is 1. The van der Waals surface area contributed by atoms with Crippen LogP contribution in [0.1, 0.15) is 75.4 Å². The number of carbonyl (C=O) groups is 1. The van der Waals surface area contributed by atoms with Crippen molar-refractivity contribution in [2.75, 3.05) is 7.11 Å². The molecule has 0 N–H and O–H groups in total. The quantitative estimate of drug-likeness (QED) is 0.420. The topological polar surface area (TPSA) is 26.3 Å². The maximum Gasteiger partial charge on any atom is 0.337 e. The van der Waals surface area contributed by atoms with E-state index in [1.54, 1.807) is 25.1 Å². The van der Waals surface area contributed by atoms with Gasteiger partial charge in [0.15, 0.2) is 0 Å². The predicted molar refractivity (Wildman–Crippen MR) is 110 cm³/mol. The van der Waals surface area contributed by atoms with E-state index in [1.165, 1.54) is 18.3 Å². The highest BCUT2D eigenvalue weighted by Crippen LogP contribution is 2.46. The molecule has 1 aromatic carbocycles. The molecule has 0 bridgehead atoms. The molecule has 2 nitrogen and oxygen atoms in total. The van der Waals surface area contributed by atoms with Crippen LogP contribution in [-0.4, -0.2) is 13.1 Å². The van der Waals surface area contributed by atoms with Crippen LogP contribution in [0.5, 0.6) is 0 Å². The van der Waals surface area contributed by atoms with Gasteiger partial charge in [0, 0.05) is 5.56 Å². The van der Waals surface area contributed by atoms with E-state index in [2.05, 4.69) is 27.4 Å². The van der Waals surface area contributed by atoms with Crippen LogP contribution in [0.25, 0.3) is 5.83 Å². The summed E-state index contributed by atoms with van der Waals surface area (Å²) in [4.78, 5) is 11.8. The van der Waals surface area contributed by atoms with E-state index >= 15 is 4.39 Å². The van der Waals surface area contributed by atoms with Gasteiger partial charge >= 0.3 is 5.97 Å². The monoisotopic (exact) mass is 370 g/mol. The molecule has 0 saturated heterocycles. The minimum absolute atomic E-state index is 0.00326. The van der Waals surface area contributed by atoms with Crippen molar-refractivity contribution in [3.05, 3.63) is 63.8 Å². The molecule has 0 atom stereocenters. The Morgan fingerprint density at radius 2 is 2.00 bits per heavy atom. The SMILES string of the molecule is C=C(C1=C(C)CCCC1(C)C)/C(C)=C(\F)c1ccc(C(=O)OC)cc1CC. The zero-order chi connectivity index (χ0) is 20.4. The summed E-state index contributed by atoms with van der Waals surface area (Å²) in [5.74, 6) is -0.679. The summed E-state index contributed by atoms with van der Waals surface area (Å²) in [6.45, 7) is 14.6. The summed E-state index contributed by atoms with van der Waals surface area (Å²) in [7, 11) is 1.35. The molecular formula is C24H31FO2. The van der Waals surface area contributed by atoms with Crippen LogP contribution >= 0.6 is 0 Å². The van der Waals surface area contributed by atoms with Crippen LogP contribution in [0, 0.1) is 5.41 Å². The Kier molecular flexibility index (Phi) is 6.46. The second kappa shape index (κ2) is 8.24. The minimum Gasteiger partial charge on any atom is -0.465 e. The molecule has 0 heterocycles. The molecule has 0 unspecified atom stereocenters. The van der Waals surface area contributed by atoms with Crippen LogP contribution in [0.3, 0.4) is 0 Å². The highest BCUT2D eigenvalue weighted by atomic mass is 19.1. The van der Waals surface area contributed by atoms with Crippen molar-refractivity contribution in [2.45, 2.75) is 60.3 Å². The lowest BCUT2D eigenvalue weighted by molar-refractivity contribution is 0.0600. The lowest BCUT2D eigenvalue weighted by atomic mass is 9.69. The van der Waals surface area contributed by atoms with Crippen molar-refractivity contribution in [3.8, 4) is 0 Å². The molecule has 1 aromatic rings. The Morgan fingerprint density at radius 1 is 1.33 bits per heavy atom. The summed E-state index contributed by atoms with van der Waals surface area (Å²) in [6.07, 6.45) is 3.92. The number of rotatable bonds is 5. The number of carbonyl (C=O) groups excluding carboxylic acids is 1. The average Bonchev–Trinajstić information content (AvgIpc) is 2.64. The Hall–Kier alpha value is -2.16. The van der Waals surface area contributed by atoms with E-state index in [0.717, 1.165) is 30.4 Å². The molecule has 0 amide bonds. The molecule has 0 saturated carbocycles. The van der Waals surface area contributed by atoms with E-state index in [4.69, 9.17) is 4.74 Å². The van der Waals surface area contributed by atoms with E-state index in [9.17, 15) is 4.79 Å². The first-order chi connectivity index (χ1) is 12.6. The fourth-order valence-electron chi connectivity index (χ4n) is 4.16. The first kappa shape index (κ1) is 21.1. The van der Waals surface area contributed by atoms with Gasteiger partial charge in [0.25, 0.3) is 0 Å². The number of hydrogen-bond donors (Lipinski definition) is 0. The Morgan fingerprint density at radius 3 is 2.56 bits per heavy atom. The van der Waals surface area contributed by atoms with Crippen LogP contribution in [0.15, 0.2) is 47.1 Å². The fraction of sp³-hybridized carbons (Fsp3) is 0.458. The molecule has 2 rings (SSSR count). The normalized spacial score (nSPS) is 17.4. The minimum atomic E-state index is -0.411. The van der Waals surface area contributed by atoms with Crippen molar-refractivity contribution in [3.63, 3.8) is 0 Å². The fourth-order valence-corrected chi connectivity index (χ4v) is 4.16. The van der Waals surface area contributed by atoms with Crippen LogP contribution in [0.2, 0.25) is 0 Å². The molecule has 0 radical (unpaired) electrons. The third kappa shape index (κ3) is 4.23. The maximum absolute atomic E-state index is 15.5. The first-order valence-electron chi connectivity index (χ1n) is 9.61. The van der Waals surface area contributed by atoms with Crippen LogP contribution in [-0.2, 0) is 11.2 Å². The molecule has 1 aliphatic rings. The molecule has 0 aromatic heterocycles. The smallest absolute Gasteiger partial charge is 0.337 e. The highest BCUT2D eigenvalue weighted by molar-refractivity contribution is 5.90. The lowest BCUT2D eigenvalue weighted by Crippen LogP contribution is -2.22. The van der Waals surface area contributed by atoms with Crippen molar-refractivity contribution in [1.29, 1.82) is 0 Å². The number of allylic oxidation sites excluding steroid dienone is 4. The van der Waals surface area contributed by atoms with Crippen molar-refractivity contribution >= 4 is 11.8 Å². The molecular weight excluding hydrogens is 339 g/mol. The number of ether oxygens (including phenoxy) is 1. The van der Waals surface area contributed by atoms with E-state index in [-0.39, 0.29) is 11.2 Å². The van der Waals surface area contributed by atoms with Gasteiger partial charge < -0.3 is 4.74 Å². The van der Waals surface area contributed by atoms with Gasteiger partial charge in [-0.2, -0.15) is 0 Å². The zero-order valence-corrected chi connectivity index (χ0v) is 17.5. The number of hydrogen-bond acceptors (Lipinski definition) is 2. The van der Waals surface area contributed by atoms with Gasteiger partial charge in [-0.05, 0) is 79.4 Å². The van der Waals surface area contributed by atoms with Gasteiger partial charge in [0.05, 0.1) is 12.7 Å². The molecule has 3 heteroatoms. The first-order valence-corrected chi connectivity index (χ1v) is 9.61. The van der Waals surface area contributed by atoms with Crippen molar-refractivity contribution < 1.29 is 13.9 Å². The van der Waals surface area contributed by atoms with E-state index in [1.807, 2.05) is 6.92 Å². The molecule has 146 valence electrons. The molecule has 1 aliphatic carbocycles. The molecule has 0 spiro atoms. The largest absolute Gasteiger partial charge is 0.465 e. The third-order valence-corrected chi connectivity index (χ3v) is 5.68.